The number of amides is 1. The Bertz CT molecular complexity index is 344. The largest absolute Gasteiger partial charge is 0.437 e. The molecule has 0 aliphatic heterocycles. The van der Waals surface area contributed by atoms with Crippen molar-refractivity contribution in [2.45, 2.75) is 65.2 Å². The summed E-state index contributed by atoms with van der Waals surface area (Å²) in [6.45, 7) is 4.33. The van der Waals surface area contributed by atoms with Crippen molar-refractivity contribution in [2.75, 3.05) is 0 Å². The Morgan fingerprint density at radius 2 is 1.72 bits per heavy atom. The number of rotatable bonds is 9. The normalized spacial score (nSPS) is 10.8. The molecule has 0 radical (unpaired) electrons. The van der Waals surface area contributed by atoms with Crippen LogP contribution in [0.1, 0.15) is 74.5 Å². The molecule has 1 aromatic heterocycles. The first-order valence-corrected chi connectivity index (χ1v) is 6.97. The Morgan fingerprint density at radius 1 is 1.11 bits per heavy atom. The van der Waals surface area contributed by atoms with Crippen LogP contribution in [0.15, 0.2) is 4.42 Å². The van der Waals surface area contributed by atoms with E-state index in [-0.39, 0.29) is 5.89 Å². The minimum Gasteiger partial charge on any atom is -0.437 e. The molecule has 4 nitrogen and oxygen atoms in total. The number of aromatic nitrogens is 1. The van der Waals surface area contributed by atoms with E-state index in [0.717, 1.165) is 37.1 Å². The van der Waals surface area contributed by atoms with Crippen molar-refractivity contribution in [3.8, 4) is 0 Å². The smallest absolute Gasteiger partial charge is 0.304 e. The molecule has 1 amide bonds. The molecule has 1 rings (SSSR count). The summed E-state index contributed by atoms with van der Waals surface area (Å²) in [7, 11) is 0. The predicted molar refractivity (Wildman–Crippen MR) is 71.5 cm³/mol. The van der Waals surface area contributed by atoms with Crippen molar-refractivity contribution in [3.63, 3.8) is 0 Å². The Balaban J connectivity index is 2.67. The molecule has 0 spiro atoms. The second-order valence-electron chi connectivity index (χ2n) is 4.67. The van der Waals surface area contributed by atoms with Crippen LogP contribution in [0.2, 0.25) is 0 Å². The first-order valence-electron chi connectivity index (χ1n) is 6.97. The highest BCUT2D eigenvalue weighted by atomic mass is 16.4. The number of unbranched alkanes of at least 4 members (excludes halogenated alkanes) is 4. The average Bonchev–Trinajstić information content (AvgIpc) is 2.74. The Kier molecular flexibility index (Phi) is 6.47. The van der Waals surface area contributed by atoms with E-state index in [2.05, 4.69) is 18.8 Å². The highest BCUT2D eigenvalue weighted by Gasteiger charge is 2.15. The lowest BCUT2D eigenvalue weighted by Gasteiger charge is -2.00. The second kappa shape index (κ2) is 7.90. The molecule has 0 aromatic carbocycles. The summed E-state index contributed by atoms with van der Waals surface area (Å²) in [6.07, 6.45) is 8.58. The third kappa shape index (κ3) is 4.51. The van der Waals surface area contributed by atoms with Gasteiger partial charge in [-0.3, -0.25) is 4.79 Å². The van der Waals surface area contributed by atoms with Gasteiger partial charge in [0.15, 0.2) is 0 Å². The molecule has 102 valence electrons. The fourth-order valence-electron chi connectivity index (χ4n) is 1.96. The molecular weight excluding hydrogens is 228 g/mol. The Labute approximate surface area is 109 Å². The molecule has 1 heterocycles. The number of hydrogen-bond acceptors (Lipinski definition) is 3. The van der Waals surface area contributed by atoms with Crippen LogP contribution >= 0.6 is 0 Å². The number of hydrogen-bond donors (Lipinski definition) is 1. The van der Waals surface area contributed by atoms with Crippen LogP contribution < -0.4 is 5.73 Å². The van der Waals surface area contributed by atoms with Gasteiger partial charge in [-0.15, -0.1) is 0 Å². The summed E-state index contributed by atoms with van der Waals surface area (Å²) < 4.78 is 5.47. The van der Waals surface area contributed by atoms with Gasteiger partial charge < -0.3 is 10.2 Å². The molecule has 2 N–H and O–H groups in total. The Morgan fingerprint density at radius 3 is 2.28 bits per heavy atom. The first-order chi connectivity index (χ1) is 8.69. The Hall–Kier alpha value is -1.32. The van der Waals surface area contributed by atoms with Crippen LogP contribution in [0.5, 0.6) is 0 Å². The van der Waals surface area contributed by atoms with Gasteiger partial charge in [-0.25, -0.2) is 4.98 Å². The van der Waals surface area contributed by atoms with E-state index in [0.29, 0.717) is 0 Å². The van der Waals surface area contributed by atoms with E-state index in [1.54, 1.807) is 0 Å². The summed E-state index contributed by atoms with van der Waals surface area (Å²) >= 11 is 0. The number of carbonyl (C=O) groups excluding carboxylic acids is 1. The van der Waals surface area contributed by atoms with Crippen LogP contribution in [0.25, 0.3) is 0 Å². The van der Waals surface area contributed by atoms with E-state index in [1.807, 2.05) is 0 Å². The standard InChI is InChI=1S/C14H24N2O2/c1-3-5-7-9-11-12(10-8-6-4-2)18-14(16-11)13(15)17/h3-10H2,1-2H3,(H2,15,17). The number of carbonyl (C=O) groups is 1. The average molecular weight is 252 g/mol. The van der Waals surface area contributed by atoms with E-state index < -0.39 is 5.91 Å². The summed E-state index contributed by atoms with van der Waals surface area (Å²) in [5, 5.41) is 0. The van der Waals surface area contributed by atoms with Crippen LogP contribution in [-0.2, 0) is 12.8 Å². The van der Waals surface area contributed by atoms with Crippen LogP contribution in [0, 0.1) is 0 Å². The van der Waals surface area contributed by atoms with Crippen molar-refractivity contribution < 1.29 is 9.21 Å². The molecular formula is C14H24N2O2. The number of oxazole rings is 1. The maximum atomic E-state index is 11.1. The topological polar surface area (TPSA) is 69.1 Å². The lowest BCUT2D eigenvalue weighted by Crippen LogP contribution is -2.11. The van der Waals surface area contributed by atoms with E-state index in [4.69, 9.17) is 10.2 Å². The van der Waals surface area contributed by atoms with Gasteiger partial charge in [-0.1, -0.05) is 39.5 Å². The van der Waals surface area contributed by atoms with E-state index in [9.17, 15) is 4.79 Å². The van der Waals surface area contributed by atoms with Gasteiger partial charge in [0, 0.05) is 6.42 Å². The molecule has 0 unspecified atom stereocenters. The minimum absolute atomic E-state index is 0.0630. The molecule has 0 aliphatic rings. The lowest BCUT2D eigenvalue weighted by molar-refractivity contribution is 0.0965. The van der Waals surface area contributed by atoms with Crippen molar-refractivity contribution in [2.24, 2.45) is 5.73 Å². The summed E-state index contributed by atoms with van der Waals surface area (Å²) in [5.41, 5.74) is 6.13. The van der Waals surface area contributed by atoms with E-state index in [1.165, 1.54) is 25.7 Å². The fourth-order valence-corrected chi connectivity index (χ4v) is 1.96. The summed E-state index contributed by atoms with van der Waals surface area (Å²) in [4.78, 5) is 15.3. The van der Waals surface area contributed by atoms with Gasteiger partial charge in [0.2, 0.25) is 0 Å². The zero-order valence-corrected chi connectivity index (χ0v) is 11.5. The fraction of sp³-hybridized carbons (Fsp3) is 0.714. The third-order valence-corrected chi connectivity index (χ3v) is 3.01. The monoisotopic (exact) mass is 252 g/mol. The molecule has 1 aromatic rings. The maximum absolute atomic E-state index is 11.1. The predicted octanol–water partition coefficient (Wildman–Crippen LogP) is 3.24. The highest BCUT2D eigenvalue weighted by Crippen LogP contribution is 2.17. The van der Waals surface area contributed by atoms with Crippen molar-refractivity contribution in [3.05, 3.63) is 17.3 Å². The van der Waals surface area contributed by atoms with Crippen molar-refractivity contribution in [1.82, 2.24) is 4.98 Å². The van der Waals surface area contributed by atoms with Gasteiger partial charge >= 0.3 is 5.91 Å². The second-order valence-corrected chi connectivity index (χ2v) is 4.67. The van der Waals surface area contributed by atoms with Gasteiger partial charge in [-0.05, 0) is 19.3 Å². The number of aryl methyl sites for hydroxylation is 2. The molecule has 0 saturated carbocycles. The molecule has 0 saturated heterocycles. The van der Waals surface area contributed by atoms with Crippen molar-refractivity contribution >= 4 is 5.91 Å². The molecule has 0 bridgehead atoms. The zero-order chi connectivity index (χ0) is 13.4. The maximum Gasteiger partial charge on any atom is 0.304 e. The SMILES string of the molecule is CCCCCc1nc(C(N)=O)oc1CCCCC. The van der Waals surface area contributed by atoms with Gasteiger partial charge in [0.1, 0.15) is 5.76 Å². The van der Waals surface area contributed by atoms with Gasteiger partial charge in [0.05, 0.1) is 5.69 Å². The van der Waals surface area contributed by atoms with Crippen molar-refractivity contribution in [1.29, 1.82) is 0 Å². The minimum atomic E-state index is -0.575. The first kappa shape index (κ1) is 14.7. The van der Waals surface area contributed by atoms with Crippen LogP contribution in [0.4, 0.5) is 0 Å². The zero-order valence-electron chi connectivity index (χ0n) is 11.5. The van der Waals surface area contributed by atoms with Crippen LogP contribution in [-0.4, -0.2) is 10.9 Å². The molecule has 0 atom stereocenters. The van der Waals surface area contributed by atoms with Gasteiger partial charge in [-0.2, -0.15) is 0 Å². The highest BCUT2D eigenvalue weighted by molar-refractivity contribution is 5.88. The van der Waals surface area contributed by atoms with Gasteiger partial charge in [0.25, 0.3) is 5.89 Å². The van der Waals surface area contributed by atoms with E-state index >= 15 is 0 Å². The lowest BCUT2D eigenvalue weighted by atomic mass is 10.1. The molecule has 18 heavy (non-hydrogen) atoms. The molecule has 0 fully saturated rings. The number of primary amides is 1. The number of nitrogens with zero attached hydrogens (tertiary/aromatic N) is 1. The number of nitrogens with two attached hydrogens (primary N) is 1. The molecule has 4 heteroatoms. The summed E-state index contributed by atoms with van der Waals surface area (Å²) in [5.74, 6) is 0.342. The molecule has 0 aliphatic carbocycles. The quantitative estimate of drug-likeness (QED) is 0.686. The summed E-state index contributed by atoms with van der Waals surface area (Å²) in [6, 6.07) is 0. The third-order valence-electron chi connectivity index (χ3n) is 3.01. The van der Waals surface area contributed by atoms with Crippen LogP contribution in [0.3, 0.4) is 0 Å².